The van der Waals surface area contributed by atoms with Gasteiger partial charge in [0.2, 0.25) is 0 Å². The molecule has 1 heterocycles. The van der Waals surface area contributed by atoms with Crippen molar-refractivity contribution in [3.8, 4) is 5.75 Å². The van der Waals surface area contributed by atoms with Gasteiger partial charge in [0.05, 0.1) is 12.8 Å². The summed E-state index contributed by atoms with van der Waals surface area (Å²) in [6.45, 7) is 6.61. The van der Waals surface area contributed by atoms with Crippen LogP contribution in [0.2, 0.25) is 0 Å². The van der Waals surface area contributed by atoms with E-state index in [1.807, 2.05) is 0 Å². The van der Waals surface area contributed by atoms with Crippen LogP contribution in [0.4, 0.5) is 5.69 Å². The van der Waals surface area contributed by atoms with Crippen molar-refractivity contribution in [3.63, 3.8) is 0 Å². The van der Waals surface area contributed by atoms with Gasteiger partial charge in [-0.2, -0.15) is 0 Å². The Kier molecular flexibility index (Phi) is 4.70. The molecule has 0 aliphatic carbocycles. The van der Waals surface area contributed by atoms with Gasteiger partial charge in [-0.05, 0) is 43.0 Å². The Hall–Kier alpha value is -1.22. The molecule has 0 spiro atoms. The van der Waals surface area contributed by atoms with Crippen LogP contribution in [0, 0.1) is 0 Å². The highest BCUT2D eigenvalue weighted by Gasteiger charge is 2.18. The molecule has 1 unspecified atom stereocenters. The average molecular weight is 262 g/mol. The first kappa shape index (κ1) is 14.2. The molecule has 1 atom stereocenters. The zero-order valence-electron chi connectivity index (χ0n) is 12.6. The average Bonchev–Trinajstić information content (AvgIpc) is 2.90. The van der Waals surface area contributed by atoms with Crippen molar-refractivity contribution in [1.82, 2.24) is 5.32 Å². The predicted molar refractivity (Wildman–Crippen MR) is 81.4 cm³/mol. The highest BCUT2D eigenvalue weighted by Crippen LogP contribution is 2.31. The summed E-state index contributed by atoms with van der Waals surface area (Å²) in [6.07, 6.45) is 2.57. The fraction of sp³-hybridized carbons (Fsp3) is 0.625. The largest absolute Gasteiger partial charge is 0.495 e. The van der Waals surface area contributed by atoms with E-state index in [0.29, 0.717) is 12.0 Å². The van der Waals surface area contributed by atoms with Crippen molar-refractivity contribution < 1.29 is 4.74 Å². The molecule has 1 aliphatic heterocycles. The summed E-state index contributed by atoms with van der Waals surface area (Å²) >= 11 is 0. The normalized spacial score (nSPS) is 18.9. The number of rotatable bonds is 5. The number of benzene rings is 1. The third kappa shape index (κ3) is 3.41. The number of likely N-dealkylation sites (N-methyl/N-ethyl adjacent to an activating group) is 1. The molecule has 106 valence electrons. The summed E-state index contributed by atoms with van der Waals surface area (Å²) in [6, 6.07) is 7.17. The SMILES string of the molecule is COc1cc(C(C)C)ccc1N(C)CC1CCCN1. The topological polar surface area (TPSA) is 24.5 Å². The number of methoxy groups -OCH3 is 1. The molecule has 2 rings (SSSR count). The van der Waals surface area contributed by atoms with E-state index < -0.39 is 0 Å². The zero-order chi connectivity index (χ0) is 13.8. The number of hydrogen-bond donors (Lipinski definition) is 1. The first-order chi connectivity index (χ1) is 9.11. The lowest BCUT2D eigenvalue weighted by Crippen LogP contribution is -2.35. The molecular formula is C16H26N2O. The Morgan fingerprint density at radius 2 is 2.21 bits per heavy atom. The number of nitrogens with zero attached hydrogens (tertiary/aromatic N) is 1. The molecule has 0 bridgehead atoms. The van der Waals surface area contributed by atoms with Crippen molar-refractivity contribution in [2.75, 3.05) is 32.1 Å². The maximum Gasteiger partial charge on any atom is 0.142 e. The van der Waals surface area contributed by atoms with Crippen LogP contribution in [0.1, 0.15) is 38.2 Å². The third-order valence-corrected chi connectivity index (χ3v) is 3.94. The van der Waals surface area contributed by atoms with Crippen LogP contribution in [0.15, 0.2) is 18.2 Å². The van der Waals surface area contributed by atoms with E-state index in [0.717, 1.165) is 18.8 Å². The van der Waals surface area contributed by atoms with E-state index in [1.165, 1.54) is 24.1 Å². The maximum atomic E-state index is 5.56. The minimum atomic E-state index is 0.532. The van der Waals surface area contributed by atoms with Crippen LogP contribution in [0.25, 0.3) is 0 Å². The number of anilines is 1. The fourth-order valence-electron chi connectivity index (χ4n) is 2.71. The molecule has 0 amide bonds. The van der Waals surface area contributed by atoms with Gasteiger partial charge in [0.25, 0.3) is 0 Å². The number of hydrogen-bond acceptors (Lipinski definition) is 3. The van der Waals surface area contributed by atoms with E-state index in [1.54, 1.807) is 7.11 Å². The molecule has 1 fully saturated rings. The van der Waals surface area contributed by atoms with Crippen LogP contribution in [-0.2, 0) is 0 Å². The van der Waals surface area contributed by atoms with Gasteiger partial charge in [-0.1, -0.05) is 19.9 Å². The van der Waals surface area contributed by atoms with Gasteiger partial charge >= 0.3 is 0 Å². The van der Waals surface area contributed by atoms with Crippen LogP contribution < -0.4 is 15.0 Å². The molecule has 0 aromatic heterocycles. The van der Waals surface area contributed by atoms with Crippen molar-refractivity contribution >= 4 is 5.69 Å². The molecule has 1 N–H and O–H groups in total. The Bertz CT molecular complexity index is 411. The molecular weight excluding hydrogens is 236 g/mol. The Balaban J connectivity index is 2.13. The smallest absolute Gasteiger partial charge is 0.142 e. The lowest BCUT2D eigenvalue weighted by Gasteiger charge is -2.25. The third-order valence-electron chi connectivity index (χ3n) is 3.94. The number of ether oxygens (including phenoxy) is 1. The molecule has 0 radical (unpaired) electrons. The molecule has 1 aliphatic rings. The van der Waals surface area contributed by atoms with Gasteiger partial charge in [0, 0.05) is 19.6 Å². The summed E-state index contributed by atoms with van der Waals surface area (Å²) in [5.74, 6) is 1.51. The second kappa shape index (κ2) is 6.29. The Morgan fingerprint density at radius 1 is 1.42 bits per heavy atom. The van der Waals surface area contributed by atoms with E-state index >= 15 is 0 Å². The van der Waals surface area contributed by atoms with Gasteiger partial charge in [-0.25, -0.2) is 0 Å². The van der Waals surface area contributed by atoms with E-state index in [-0.39, 0.29) is 0 Å². The highest BCUT2D eigenvalue weighted by atomic mass is 16.5. The van der Waals surface area contributed by atoms with Crippen molar-refractivity contribution in [3.05, 3.63) is 23.8 Å². The Morgan fingerprint density at radius 3 is 2.79 bits per heavy atom. The van der Waals surface area contributed by atoms with Gasteiger partial charge < -0.3 is 15.0 Å². The lowest BCUT2D eigenvalue weighted by atomic mass is 10.0. The summed E-state index contributed by atoms with van der Waals surface area (Å²) in [7, 11) is 3.90. The zero-order valence-corrected chi connectivity index (χ0v) is 12.6. The van der Waals surface area contributed by atoms with E-state index in [9.17, 15) is 0 Å². The predicted octanol–water partition coefficient (Wildman–Crippen LogP) is 3.01. The molecule has 1 saturated heterocycles. The first-order valence-electron chi connectivity index (χ1n) is 7.24. The molecule has 19 heavy (non-hydrogen) atoms. The monoisotopic (exact) mass is 262 g/mol. The van der Waals surface area contributed by atoms with Crippen LogP contribution in [-0.4, -0.2) is 33.3 Å². The summed E-state index contributed by atoms with van der Waals surface area (Å²) in [5, 5.41) is 3.54. The summed E-state index contributed by atoms with van der Waals surface area (Å²) in [5.41, 5.74) is 2.51. The molecule has 3 nitrogen and oxygen atoms in total. The van der Waals surface area contributed by atoms with Crippen LogP contribution in [0.3, 0.4) is 0 Å². The van der Waals surface area contributed by atoms with Gasteiger partial charge in [0.1, 0.15) is 5.75 Å². The Labute approximate surface area is 116 Å². The van der Waals surface area contributed by atoms with Crippen molar-refractivity contribution in [2.45, 2.75) is 38.6 Å². The van der Waals surface area contributed by atoms with Gasteiger partial charge in [-0.3, -0.25) is 0 Å². The lowest BCUT2D eigenvalue weighted by molar-refractivity contribution is 0.413. The number of nitrogens with one attached hydrogen (secondary N) is 1. The highest BCUT2D eigenvalue weighted by molar-refractivity contribution is 5.59. The van der Waals surface area contributed by atoms with Gasteiger partial charge in [0.15, 0.2) is 0 Å². The molecule has 0 saturated carbocycles. The molecule has 1 aromatic carbocycles. The van der Waals surface area contributed by atoms with Crippen molar-refractivity contribution in [2.24, 2.45) is 0 Å². The maximum absolute atomic E-state index is 5.56. The van der Waals surface area contributed by atoms with E-state index in [4.69, 9.17) is 4.74 Å². The fourth-order valence-corrected chi connectivity index (χ4v) is 2.71. The van der Waals surface area contributed by atoms with Crippen molar-refractivity contribution in [1.29, 1.82) is 0 Å². The van der Waals surface area contributed by atoms with E-state index in [2.05, 4.69) is 49.3 Å². The quantitative estimate of drug-likeness (QED) is 0.883. The standard InChI is InChI=1S/C16H26N2O/c1-12(2)13-7-8-15(16(10-13)19-4)18(3)11-14-6-5-9-17-14/h7-8,10,12,14,17H,5-6,9,11H2,1-4H3. The van der Waals surface area contributed by atoms with Crippen LogP contribution >= 0.6 is 0 Å². The minimum Gasteiger partial charge on any atom is -0.495 e. The summed E-state index contributed by atoms with van der Waals surface area (Å²) < 4.78 is 5.56. The van der Waals surface area contributed by atoms with Gasteiger partial charge in [-0.15, -0.1) is 0 Å². The second-order valence-electron chi connectivity index (χ2n) is 5.76. The second-order valence-corrected chi connectivity index (χ2v) is 5.76. The minimum absolute atomic E-state index is 0.532. The molecule has 1 aromatic rings. The summed E-state index contributed by atoms with van der Waals surface area (Å²) in [4.78, 5) is 2.30. The molecule has 3 heteroatoms. The van der Waals surface area contributed by atoms with Crippen LogP contribution in [0.5, 0.6) is 5.75 Å². The first-order valence-corrected chi connectivity index (χ1v) is 7.24.